The number of hydrogen-bond acceptors (Lipinski definition) is 3. The minimum atomic E-state index is -0.104. The molecule has 1 aromatic carbocycles. The van der Waals surface area contributed by atoms with Gasteiger partial charge < -0.3 is 4.90 Å². The number of nitrogens with two attached hydrogens (primary N) is 1. The van der Waals surface area contributed by atoms with Crippen LogP contribution >= 0.6 is 0 Å². The number of amides is 2. The van der Waals surface area contributed by atoms with Crippen LogP contribution in [0, 0.1) is 0 Å². The summed E-state index contributed by atoms with van der Waals surface area (Å²) in [4.78, 5) is 18.1. The topological polar surface area (TPSA) is 62.5 Å². The molecule has 0 unspecified atom stereocenters. The maximum atomic E-state index is 12.0. The molecule has 0 radical (unpaired) electrons. The van der Waals surface area contributed by atoms with E-state index in [1.807, 2.05) is 30.3 Å². The molecular formula is C14H16N4O. The van der Waals surface area contributed by atoms with E-state index in [1.165, 1.54) is 5.01 Å². The van der Waals surface area contributed by atoms with Crippen molar-refractivity contribution < 1.29 is 4.79 Å². The smallest absolute Gasteiger partial charge is 0.319 e. The maximum Gasteiger partial charge on any atom is 0.334 e. The van der Waals surface area contributed by atoms with Crippen LogP contribution in [0.15, 0.2) is 36.5 Å². The number of carbonyl (C=O) groups is 1. The number of aromatic nitrogens is 1. The summed E-state index contributed by atoms with van der Waals surface area (Å²) in [6.07, 6.45) is 2.69. The Bertz CT molecular complexity index is 608. The van der Waals surface area contributed by atoms with Crippen molar-refractivity contribution in [1.29, 1.82) is 0 Å². The molecule has 5 heteroatoms. The van der Waals surface area contributed by atoms with Gasteiger partial charge in [0.2, 0.25) is 0 Å². The van der Waals surface area contributed by atoms with Crippen LogP contribution < -0.4 is 5.84 Å². The molecule has 0 saturated carbocycles. The Balaban J connectivity index is 1.91. The van der Waals surface area contributed by atoms with Crippen molar-refractivity contribution in [2.24, 2.45) is 5.84 Å². The predicted octanol–water partition coefficient (Wildman–Crippen LogP) is 1.74. The Kier molecular flexibility index (Phi) is 3.05. The molecule has 98 valence electrons. The van der Waals surface area contributed by atoms with Gasteiger partial charge in [-0.1, -0.05) is 18.2 Å². The minimum absolute atomic E-state index is 0.104. The number of fused-ring (bicyclic) bond motifs is 1. The fourth-order valence-corrected chi connectivity index (χ4v) is 2.45. The van der Waals surface area contributed by atoms with Crippen LogP contribution in [0.1, 0.15) is 12.0 Å². The van der Waals surface area contributed by atoms with Crippen molar-refractivity contribution in [2.45, 2.75) is 13.0 Å². The van der Waals surface area contributed by atoms with Crippen molar-refractivity contribution in [3.05, 3.63) is 42.1 Å². The highest BCUT2D eigenvalue weighted by Gasteiger charge is 2.23. The lowest BCUT2D eigenvalue weighted by atomic mass is 10.1. The largest absolute Gasteiger partial charge is 0.334 e. The van der Waals surface area contributed by atoms with Crippen molar-refractivity contribution in [2.75, 3.05) is 13.1 Å². The van der Waals surface area contributed by atoms with E-state index >= 15 is 0 Å². The van der Waals surface area contributed by atoms with Gasteiger partial charge in [-0.05, 0) is 24.1 Å². The summed E-state index contributed by atoms with van der Waals surface area (Å²) in [6.45, 7) is 1.96. The lowest BCUT2D eigenvalue weighted by Crippen LogP contribution is -2.52. The lowest BCUT2D eigenvalue weighted by molar-refractivity contribution is 0.127. The molecule has 1 aromatic heterocycles. The van der Waals surface area contributed by atoms with Crippen LogP contribution in [0.3, 0.4) is 0 Å². The average molecular weight is 256 g/mol. The molecule has 3 rings (SSSR count). The van der Waals surface area contributed by atoms with Crippen LogP contribution in [0.2, 0.25) is 0 Å². The average Bonchev–Trinajstić information content (AvgIpc) is 2.44. The number of urea groups is 1. The van der Waals surface area contributed by atoms with Crippen molar-refractivity contribution in [3.63, 3.8) is 0 Å². The first-order chi connectivity index (χ1) is 9.25. The van der Waals surface area contributed by atoms with Crippen LogP contribution in [0.25, 0.3) is 10.9 Å². The molecule has 1 saturated heterocycles. The van der Waals surface area contributed by atoms with Gasteiger partial charge in [-0.3, -0.25) is 9.99 Å². The predicted molar refractivity (Wildman–Crippen MR) is 73.1 cm³/mol. The van der Waals surface area contributed by atoms with Gasteiger partial charge in [0.25, 0.3) is 0 Å². The molecule has 2 N–H and O–H groups in total. The highest BCUT2D eigenvalue weighted by Crippen LogP contribution is 2.19. The van der Waals surface area contributed by atoms with Gasteiger partial charge in [-0.2, -0.15) is 0 Å². The third-order valence-corrected chi connectivity index (χ3v) is 3.44. The van der Waals surface area contributed by atoms with Gasteiger partial charge >= 0.3 is 6.03 Å². The summed E-state index contributed by atoms with van der Waals surface area (Å²) in [7, 11) is 0. The molecule has 1 fully saturated rings. The number of hydrogen-bond donors (Lipinski definition) is 1. The Morgan fingerprint density at radius 2 is 2.05 bits per heavy atom. The molecule has 5 nitrogen and oxygen atoms in total. The van der Waals surface area contributed by atoms with Gasteiger partial charge in [0.1, 0.15) is 0 Å². The first kappa shape index (κ1) is 11.9. The molecule has 1 aliphatic heterocycles. The Hall–Kier alpha value is -2.14. The summed E-state index contributed by atoms with van der Waals surface area (Å²) >= 11 is 0. The summed E-state index contributed by atoms with van der Waals surface area (Å²) in [5.41, 5.74) is 2.06. The van der Waals surface area contributed by atoms with Crippen molar-refractivity contribution >= 4 is 16.9 Å². The van der Waals surface area contributed by atoms with E-state index < -0.39 is 0 Å². The van der Waals surface area contributed by atoms with Crippen molar-refractivity contribution in [1.82, 2.24) is 14.9 Å². The number of rotatable bonds is 2. The quantitative estimate of drug-likeness (QED) is 0.657. The lowest BCUT2D eigenvalue weighted by Gasteiger charge is -2.32. The summed E-state index contributed by atoms with van der Waals surface area (Å²) < 4.78 is 0. The number of para-hydroxylation sites is 1. The third kappa shape index (κ3) is 2.24. The summed E-state index contributed by atoms with van der Waals surface area (Å²) in [5, 5.41) is 2.37. The van der Waals surface area contributed by atoms with E-state index in [9.17, 15) is 4.79 Å². The molecule has 19 heavy (non-hydrogen) atoms. The van der Waals surface area contributed by atoms with Gasteiger partial charge in [-0.25, -0.2) is 10.6 Å². The number of carbonyl (C=O) groups excluding carboxylic acids is 1. The highest BCUT2D eigenvalue weighted by atomic mass is 16.2. The van der Waals surface area contributed by atoms with E-state index in [0.717, 1.165) is 29.4 Å². The summed E-state index contributed by atoms with van der Waals surface area (Å²) in [5.74, 6) is 5.66. The van der Waals surface area contributed by atoms with E-state index in [0.29, 0.717) is 13.1 Å². The molecule has 2 heterocycles. The fourth-order valence-electron chi connectivity index (χ4n) is 2.45. The van der Waals surface area contributed by atoms with Gasteiger partial charge in [0.05, 0.1) is 5.52 Å². The van der Waals surface area contributed by atoms with Crippen LogP contribution in [-0.2, 0) is 6.54 Å². The number of benzene rings is 1. The first-order valence-corrected chi connectivity index (χ1v) is 6.39. The second-order valence-electron chi connectivity index (χ2n) is 4.74. The fraction of sp³-hybridized carbons (Fsp3) is 0.286. The van der Waals surface area contributed by atoms with Crippen LogP contribution in [0.4, 0.5) is 4.79 Å². The number of nitrogens with zero attached hydrogens (tertiary/aromatic N) is 3. The Labute approximate surface area is 111 Å². The monoisotopic (exact) mass is 256 g/mol. The molecule has 2 amide bonds. The molecule has 0 spiro atoms. The SMILES string of the molecule is NN1CCCN(Cc2ccnc3ccccc23)C1=O. The normalized spacial score (nSPS) is 16.2. The van der Waals surface area contributed by atoms with Gasteiger partial charge in [-0.15, -0.1) is 0 Å². The van der Waals surface area contributed by atoms with E-state index in [4.69, 9.17) is 5.84 Å². The second kappa shape index (κ2) is 4.85. The standard InChI is InChI=1S/C14H16N4O/c15-18-9-3-8-17(14(18)19)10-11-6-7-16-13-5-2-1-4-12(11)13/h1-2,4-7H,3,8-10,15H2. The zero-order valence-corrected chi connectivity index (χ0v) is 10.6. The molecule has 1 aliphatic rings. The Morgan fingerprint density at radius 1 is 1.21 bits per heavy atom. The van der Waals surface area contributed by atoms with Crippen LogP contribution in [0.5, 0.6) is 0 Å². The molecule has 0 atom stereocenters. The minimum Gasteiger partial charge on any atom is -0.319 e. The van der Waals surface area contributed by atoms with Gasteiger partial charge in [0, 0.05) is 31.2 Å². The molecular weight excluding hydrogens is 240 g/mol. The van der Waals surface area contributed by atoms with Crippen LogP contribution in [-0.4, -0.2) is 34.0 Å². The van der Waals surface area contributed by atoms with Gasteiger partial charge in [0.15, 0.2) is 0 Å². The zero-order chi connectivity index (χ0) is 13.2. The number of hydrazine groups is 1. The zero-order valence-electron chi connectivity index (χ0n) is 10.6. The van der Waals surface area contributed by atoms with E-state index in [1.54, 1.807) is 11.1 Å². The second-order valence-corrected chi connectivity index (χ2v) is 4.74. The molecule has 0 bridgehead atoms. The molecule has 0 aliphatic carbocycles. The molecule has 2 aromatic rings. The summed E-state index contributed by atoms with van der Waals surface area (Å²) in [6, 6.07) is 9.82. The third-order valence-electron chi connectivity index (χ3n) is 3.44. The van der Waals surface area contributed by atoms with E-state index in [2.05, 4.69) is 4.98 Å². The number of pyridine rings is 1. The Morgan fingerprint density at radius 3 is 2.95 bits per heavy atom. The van der Waals surface area contributed by atoms with Crippen molar-refractivity contribution in [3.8, 4) is 0 Å². The first-order valence-electron chi connectivity index (χ1n) is 6.39. The maximum absolute atomic E-state index is 12.0. The highest BCUT2D eigenvalue weighted by molar-refractivity contribution is 5.82. The van der Waals surface area contributed by atoms with E-state index in [-0.39, 0.29) is 6.03 Å².